The molecule has 0 aromatic heterocycles. The van der Waals surface area contributed by atoms with Crippen molar-refractivity contribution in [1.29, 1.82) is 0 Å². The monoisotopic (exact) mass is 326 g/mol. The van der Waals surface area contributed by atoms with Gasteiger partial charge in [0.05, 0.1) is 7.11 Å². The summed E-state index contributed by atoms with van der Waals surface area (Å²) >= 11 is 0. The molecule has 1 N–H and O–H groups in total. The van der Waals surface area contributed by atoms with E-state index in [4.69, 9.17) is 4.74 Å². The molecule has 0 saturated heterocycles. The highest BCUT2D eigenvalue weighted by atomic mass is 16.5. The molecular formula is C21H26O3. The second kappa shape index (κ2) is 7.08. The summed E-state index contributed by atoms with van der Waals surface area (Å²) in [4.78, 5) is 12.0. The van der Waals surface area contributed by atoms with Crippen molar-refractivity contribution in [2.75, 3.05) is 7.11 Å². The second-order valence-electron chi connectivity index (χ2n) is 7.10. The van der Waals surface area contributed by atoms with E-state index >= 15 is 0 Å². The molecule has 0 amide bonds. The predicted octanol–water partition coefficient (Wildman–Crippen LogP) is 5.10. The van der Waals surface area contributed by atoms with Crippen LogP contribution in [0.3, 0.4) is 0 Å². The molecule has 0 spiro atoms. The summed E-state index contributed by atoms with van der Waals surface area (Å²) in [5.74, 6) is -0.489. The van der Waals surface area contributed by atoms with Crippen LogP contribution in [0.2, 0.25) is 0 Å². The van der Waals surface area contributed by atoms with E-state index in [1.54, 1.807) is 6.07 Å². The van der Waals surface area contributed by atoms with Gasteiger partial charge in [-0.1, -0.05) is 58.4 Å². The Kier molecular flexibility index (Phi) is 5.33. The Balaban J connectivity index is 2.53. The van der Waals surface area contributed by atoms with Gasteiger partial charge in [-0.05, 0) is 46.2 Å². The highest BCUT2D eigenvalue weighted by Crippen LogP contribution is 2.32. The number of phenols is 1. The Hall–Kier alpha value is -2.29. The maximum Gasteiger partial charge on any atom is 0.341 e. The quantitative estimate of drug-likeness (QED) is 0.796. The van der Waals surface area contributed by atoms with Crippen molar-refractivity contribution >= 4 is 5.97 Å². The first-order chi connectivity index (χ1) is 11.3. The number of methoxy groups -OCH3 is 1. The van der Waals surface area contributed by atoms with Gasteiger partial charge in [-0.3, -0.25) is 0 Å². The van der Waals surface area contributed by atoms with E-state index in [0.717, 1.165) is 23.1 Å². The SMILES string of the molecule is CCCc1cc(-c2ccc(C(C)(C)C)cc2)cc(C(=O)OC)c1O. The Morgan fingerprint density at radius 1 is 1.08 bits per heavy atom. The van der Waals surface area contributed by atoms with Gasteiger partial charge in [-0.2, -0.15) is 0 Å². The number of phenolic OH excluding ortho intramolecular Hbond substituents is 1. The van der Waals surface area contributed by atoms with E-state index in [1.807, 2.05) is 13.0 Å². The van der Waals surface area contributed by atoms with Crippen LogP contribution in [0.5, 0.6) is 5.75 Å². The van der Waals surface area contributed by atoms with Crippen molar-refractivity contribution in [3.63, 3.8) is 0 Å². The summed E-state index contributed by atoms with van der Waals surface area (Å²) in [6, 6.07) is 12.0. The van der Waals surface area contributed by atoms with E-state index in [1.165, 1.54) is 12.7 Å². The number of rotatable bonds is 4. The average Bonchev–Trinajstić information content (AvgIpc) is 2.55. The minimum absolute atomic E-state index is 0.0266. The Morgan fingerprint density at radius 2 is 1.71 bits per heavy atom. The van der Waals surface area contributed by atoms with Crippen molar-refractivity contribution in [3.05, 3.63) is 53.1 Å². The van der Waals surface area contributed by atoms with E-state index < -0.39 is 5.97 Å². The summed E-state index contributed by atoms with van der Waals surface area (Å²) in [7, 11) is 1.33. The van der Waals surface area contributed by atoms with Crippen LogP contribution in [0.15, 0.2) is 36.4 Å². The zero-order valence-electron chi connectivity index (χ0n) is 15.1. The first-order valence-corrected chi connectivity index (χ1v) is 8.33. The van der Waals surface area contributed by atoms with Gasteiger partial charge in [0.25, 0.3) is 0 Å². The van der Waals surface area contributed by atoms with Gasteiger partial charge < -0.3 is 9.84 Å². The number of hydrogen-bond donors (Lipinski definition) is 1. The van der Waals surface area contributed by atoms with Gasteiger partial charge in [-0.15, -0.1) is 0 Å². The van der Waals surface area contributed by atoms with E-state index in [-0.39, 0.29) is 16.7 Å². The Morgan fingerprint density at radius 3 is 2.21 bits per heavy atom. The van der Waals surface area contributed by atoms with Gasteiger partial charge in [0.1, 0.15) is 11.3 Å². The van der Waals surface area contributed by atoms with Crippen molar-refractivity contribution in [2.45, 2.75) is 46.0 Å². The highest BCUT2D eigenvalue weighted by Gasteiger charge is 2.18. The number of aromatic hydroxyl groups is 1. The minimum Gasteiger partial charge on any atom is -0.507 e. The van der Waals surface area contributed by atoms with Crippen LogP contribution in [-0.4, -0.2) is 18.2 Å². The first-order valence-electron chi connectivity index (χ1n) is 8.33. The predicted molar refractivity (Wildman–Crippen MR) is 97.6 cm³/mol. The molecule has 24 heavy (non-hydrogen) atoms. The van der Waals surface area contributed by atoms with Gasteiger partial charge in [0, 0.05) is 0 Å². The first kappa shape index (κ1) is 18.1. The maximum atomic E-state index is 12.0. The smallest absolute Gasteiger partial charge is 0.341 e. The molecule has 0 saturated carbocycles. The van der Waals surface area contributed by atoms with Gasteiger partial charge >= 0.3 is 5.97 Å². The zero-order valence-corrected chi connectivity index (χ0v) is 15.1. The van der Waals surface area contributed by atoms with Gasteiger partial charge in [0.2, 0.25) is 0 Å². The maximum absolute atomic E-state index is 12.0. The third-order valence-corrected chi connectivity index (χ3v) is 4.20. The number of aryl methyl sites for hydroxylation is 1. The third kappa shape index (κ3) is 3.78. The molecule has 3 heteroatoms. The molecule has 3 nitrogen and oxygen atoms in total. The summed E-state index contributed by atoms with van der Waals surface area (Å²) in [5.41, 5.74) is 4.28. The highest BCUT2D eigenvalue weighted by molar-refractivity contribution is 5.94. The number of esters is 1. The third-order valence-electron chi connectivity index (χ3n) is 4.20. The van der Waals surface area contributed by atoms with Crippen molar-refractivity contribution in [1.82, 2.24) is 0 Å². The average molecular weight is 326 g/mol. The Bertz CT molecular complexity index is 722. The number of ether oxygens (including phenoxy) is 1. The molecule has 0 aliphatic rings. The van der Waals surface area contributed by atoms with Crippen LogP contribution in [-0.2, 0) is 16.6 Å². The molecular weight excluding hydrogens is 300 g/mol. The number of carbonyl (C=O) groups is 1. The van der Waals surface area contributed by atoms with Crippen LogP contribution in [0.25, 0.3) is 11.1 Å². The second-order valence-corrected chi connectivity index (χ2v) is 7.10. The van der Waals surface area contributed by atoms with Crippen LogP contribution in [0, 0.1) is 0 Å². The largest absolute Gasteiger partial charge is 0.507 e. The number of carbonyl (C=O) groups excluding carboxylic acids is 1. The number of benzene rings is 2. The van der Waals surface area contributed by atoms with Crippen LogP contribution < -0.4 is 0 Å². The molecule has 0 aliphatic carbocycles. The molecule has 2 rings (SSSR count). The van der Waals surface area contributed by atoms with E-state index in [0.29, 0.717) is 6.42 Å². The van der Waals surface area contributed by atoms with Crippen LogP contribution >= 0.6 is 0 Å². The lowest BCUT2D eigenvalue weighted by Crippen LogP contribution is -2.10. The van der Waals surface area contributed by atoms with E-state index in [9.17, 15) is 9.90 Å². The summed E-state index contributed by atoms with van der Waals surface area (Å²) in [6.45, 7) is 8.58. The molecule has 0 atom stereocenters. The topological polar surface area (TPSA) is 46.5 Å². The summed E-state index contributed by atoms with van der Waals surface area (Å²) in [6.07, 6.45) is 1.60. The molecule has 128 valence electrons. The van der Waals surface area contributed by atoms with Gasteiger partial charge in [-0.25, -0.2) is 4.79 Å². The molecule has 0 fully saturated rings. The van der Waals surface area contributed by atoms with Crippen molar-refractivity contribution in [3.8, 4) is 16.9 Å². The number of hydrogen-bond acceptors (Lipinski definition) is 3. The molecule has 0 radical (unpaired) electrons. The molecule has 0 aliphatic heterocycles. The molecule has 2 aromatic rings. The van der Waals surface area contributed by atoms with Crippen LogP contribution in [0.1, 0.15) is 55.6 Å². The van der Waals surface area contributed by atoms with Crippen LogP contribution in [0.4, 0.5) is 0 Å². The normalized spacial score (nSPS) is 11.4. The lowest BCUT2D eigenvalue weighted by molar-refractivity contribution is 0.0597. The molecule has 0 heterocycles. The van der Waals surface area contributed by atoms with Crippen molar-refractivity contribution < 1.29 is 14.6 Å². The van der Waals surface area contributed by atoms with Gasteiger partial charge in [0.15, 0.2) is 0 Å². The zero-order chi connectivity index (χ0) is 17.9. The Labute approximate surface area is 144 Å². The van der Waals surface area contributed by atoms with E-state index in [2.05, 4.69) is 45.0 Å². The minimum atomic E-state index is -0.516. The molecule has 2 aromatic carbocycles. The lowest BCUT2D eigenvalue weighted by atomic mass is 9.86. The summed E-state index contributed by atoms with van der Waals surface area (Å²) in [5, 5.41) is 10.3. The molecule has 0 bridgehead atoms. The standard InChI is InChI=1S/C21H26O3/c1-6-7-15-12-16(13-18(19(15)22)20(23)24-5)14-8-10-17(11-9-14)21(2,3)4/h8-13,22H,6-7H2,1-5H3. The lowest BCUT2D eigenvalue weighted by Gasteiger charge is -2.19. The fourth-order valence-corrected chi connectivity index (χ4v) is 2.75. The molecule has 0 unspecified atom stereocenters. The fourth-order valence-electron chi connectivity index (χ4n) is 2.75. The fraction of sp³-hybridized carbons (Fsp3) is 0.381. The van der Waals surface area contributed by atoms with Crippen molar-refractivity contribution in [2.24, 2.45) is 0 Å². The summed E-state index contributed by atoms with van der Waals surface area (Å²) < 4.78 is 4.81.